The number of hydrogen-bond acceptors (Lipinski definition) is 5. The van der Waals surface area contributed by atoms with Gasteiger partial charge >= 0.3 is 5.97 Å². The molecule has 2 fully saturated rings. The van der Waals surface area contributed by atoms with Gasteiger partial charge in [0.2, 0.25) is 11.8 Å². The molecule has 0 bridgehead atoms. The summed E-state index contributed by atoms with van der Waals surface area (Å²) >= 11 is 0. The second-order valence-corrected chi connectivity index (χ2v) is 11.6. The van der Waals surface area contributed by atoms with Crippen molar-refractivity contribution in [2.24, 2.45) is 11.3 Å². The molecule has 8 nitrogen and oxygen atoms in total. The Morgan fingerprint density at radius 2 is 1.69 bits per heavy atom. The van der Waals surface area contributed by atoms with Gasteiger partial charge in [-0.1, -0.05) is 58.2 Å². The van der Waals surface area contributed by atoms with Gasteiger partial charge in [-0.05, 0) is 51.0 Å². The van der Waals surface area contributed by atoms with Gasteiger partial charge in [0.05, 0.1) is 23.5 Å². The molecule has 8 heteroatoms. The summed E-state index contributed by atoms with van der Waals surface area (Å²) in [5.41, 5.74) is -1.15. The van der Waals surface area contributed by atoms with Crippen molar-refractivity contribution < 1.29 is 29.3 Å². The van der Waals surface area contributed by atoms with Crippen molar-refractivity contribution in [3.8, 4) is 5.75 Å². The summed E-state index contributed by atoms with van der Waals surface area (Å²) in [6.45, 7) is 9.37. The third-order valence-corrected chi connectivity index (χ3v) is 8.96. The number of nitrogens with zero attached hydrogens (tertiary/aromatic N) is 2. The molecule has 2 N–H and O–H groups in total. The van der Waals surface area contributed by atoms with E-state index in [1.165, 1.54) is 0 Å². The topological polar surface area (TPSA) is 107 Å². The third kappa shape index (κ3) is 7.13. The Kier molecular flexibility index (Phi) is 10.8. The minimum atomic E-state index is -1.13. The summed E-state index contributed by atoms with van der Waals surface area (Å²) in [5.74, 6) is -0.463. The van der Waals surface area contributed by atoms with Crippen LogP contribution in [-0.2, 0) is 20.0 Å². The molecule has 1 saturated carbocycles. The van der Waals surface area contributed by atoms with Gasteiger partial charge in [-0.15, -0.1) is 0 Å². The highest BCUT2D eigenvalue weighted by Gasteiger charge is 2.42. The number of carboxylic acid groups (broad SMARTS) is 1. The Morgan fingerprint density at radius 3 is 2.26 bits per heavy atom. The highest BCUT2D eigenvalue weighted by atomic mass is 16.5. The van der Waals surface area contributed by atoms with Crippen molar-refractivity contribution in [2.75, 3.05) is 26.2 Å². The Morgan fingerprint density at radius 1 is 1.05 bits per heavy atom. The largest absolute Gasteiger partial charge is 0.493 e. The summed E-state index contributed by atoms with van der Waals surface area (Å²) < 4.78 is 6.09. The van der Waals surface area contributed by atoms with Crippen molar-refractivity contribution in [3.05, 3.63) is 29.8 Å². The summed E-state index contributed by atoms with van der Waals surface area (Å²) in [6, 6.07) is 7.29. The van der Waals surface area contributed by atoms with E-state index in [0.717, 1.165) is 32.1 Å². The number of carboxylic acids is 1. The van der Waals surface area contributed by atoms with Gasteiger partial charge in [0, 0.05) is 38.2 Å². The fourth-order valence-electron chi connectivity index (χ4n) is 6.54. The number of aliphatic hydroxyl groups is 1. The molecule has 0 spiro atoms. The van der Waals surface area contributed by atoms with Gasteiger partial charge in [0.1, 0.15) is 5.75 Å². The number of carbonyl (C=O) groups excluding carboxylic acids is 2. The van der Waals surface area contributed by atoms with Crippen molar-refractivity contribution in [3.63, 3.8) is 0 Å². The number of aliphatic carboxylic acids is 1. The van der Waals surface area contributed by atoms with Gasteiger partial charge in [-0.3, -0.25) is 14.4 Å². The van der Waals surface area contributed by atoms with Crippen LogP contribution in [0.5, 0.6) is 5.75 Å². The van der Waals surface area contributed by atoms with Crippen molar-refractivity contribution in [2.45, 2.75) is 104 Å². The third-order valence-electron chi connectivity index (χ3n) is 8.96. The lowest BCUT2D eigenvalue weighted by Crippen LogP contribution is -2.52. The van der Waals surface area contributed by atoms with Crippen LogP contribution in [0, 0.1) is 11.3 Å². The zero-order chi connectivity index (χ0) is 28.6. The van der Waals surface area contributed by atoms with E-state index in [4.69, 9.17) is 4.74 Å². The predicted octanol–water partition coefficient (Wildman–Crippen LogP) is 4.97. The second kappa shape index (κ2) is 13.6. The number of amides is 2. The molecular weight excluding hydrogens is 496 g/mol. The lowest BCUT2D eigenvalue weighted by atomic mass is 9.82. The molecule has 218 valence electrons. The maximum absolute atomic E-state index is 13.5. The first-order chi connectivity index (χ1) is 18.6. The average Bonchev–Trinajstić information content (AvgIpc) is 3.41. The Bertz CT molecular complexity index is 981. The number of piperidine rings is 1. The molecule has 39 heavy (non-hydrogen) atoms. The van der Waals surface area contributed by atoms with Crippen LogP contribution in [-0.4, -0.2) is 70.1 Å². The van der Waals surface area contributed by atoms with Crippen molar-refractivity contribution >= 4 is 17.8 Å². The first-order valence-electron chi connectivity index (χ1n) is 14.8. The van der Waals surface area contributed by atoms with Crippen LogP contribution in [0.15, 0.2) is 24.3 Å². The van der Waals surface area contributed by atoms with E-state index in [-0.39, 0.29) is 30.4 Å². The van der Waals surface area contributed by atoms with E-state index in [0.29, 0.717) is 63.1 Å². The van der Waals surface area contributed by atoms with E-state index < -0.39 is 17.0 Å². The molecule has 1 aliphatic heterocycles. The normalized spacial score (nSPS) is 19.8. The molecule has 1 aliphatic carbocycles. The number of hydrogen-bond donors (Lipinski definition) is 2. The van der Waals surface area contributed by atoms with Crippen LogP contribution in [0.1, 0.15) is 97.5 Å². The van der Waals surface area contributed by atoms with Crippen LogP contribution in [0.25, 0.3) is 0 Å². The number of benzene rings is 1. The summed E-state index contributed by atoms with van der Waals surface area (Å²) in [7, 11) is 0. The maximum Gasteiger partial charge on any atom is 0.309 e. The van der Waals surface area contributed by atoms with Crippen LogP contribution in [0.3, 0.4) is 0 Å². The average molecular weight is 545 g/mol. The van der Waals surface area contributed by atoms with E-state index in [1.54, 1.807) is 6.92 Å². The van der Waals surface area contributed by atoms with Gasteiger partial charge < -0.3 is 24.7 Å². The smallest absolute Gasteiger partial charge is 0.309 e. The quantitative estimate of drug-likeness (QED) is 0.363. The molecule has 1 aromatic rings. The van der Waals surface area contributed by atoms with E-state index in [2.05, 4.69) is 6.92 Å². The van der Waals surface area contributed by atoms with Gasteiger partial charge in [0.15, 0.2) is 0 Å². The number of para-hydroxylation sites is 1. The van der Waals surface area contributed by atoms with E-state index in [9.17, 15) is 24.6 Å². The number of carbonyl (C=O) groups is 3. The molecule has 1 saturated heterocycles. The first kappa shape index (κ1) is 30.9. The predicted molar refractivity (Wildman–Crippen MR) is 150 cm³/mol. The molecule has 2 unspecified atom stereocenters. The molecular formula is C31H48N2O6. The molecule has 2 amide bonds. The zero-order valence-corrected chi connectivity index (χ0v) is 24.3. The number of likely N-dealkylation sites (tertiary alicyclic amines) is 1. The highest BCUT2D eigenvalue weighted by molar-refractivity contribution is 5.81. The Labute approximate surface area is 233 Å². The van der Waals surface area contributed by atoms with Crippen LogP contribution in [0.4, 0.5) is 0 Å². The molecule has 1 heterocycles. The van der Waals surface area contributed by atoms with E-state index >= 15 is 0 Å². The van der Waals surface area contributed by atoms with Crippen molar-refractivity contribution in [1.82, 2.24) is 9.80 Å². The molecule has 1 aromatic carbocycles. The monoisotopic (exact) mass is 544 g/mol. The second-order valence-electron chi connectivity index (χ2n) is 11.6. The number of rotatable bonds is 13. The van der Waals surface area contributed by atoms with Crippen LogP contribution >= 0.6 is 0 Å². The maximum atomic E-state index is 13.5. The summed E-state index contributed by atoms with van der Waals surface area (Å²) in [6.07, 6.45) is 6.95. The SMILES string of the molecule is CCCC(C(C)C(=O)N1CCC(O)(c2ccccc2OCCC2(C(=O)O)CCCC2)CC1)N(CCC)C(C)=O. The summed E-state index contributed by atoms with van der Waals surface area (Å²) in [5, 5.41) is 21.4. The minimum absolute atomic E-state index is 0.00165. The van der Waals surface area contributed by atoms with Crippen molar-refractivity contribution in [1.29, 1.82) is 0 Å². The molecule has 2 aliphatic rings. The molecule has 2 atom stereocenters. The van der Waals surface area contributed by atoms with Crippen LogP contribution in [0.2, 0.25) is 0 Å². The molecule has 0 radical (unpaired) electrons. The van der Waals surface area contributed by atoms with Crippen LogP contribution < -0.4 is 4.74 Å². The Hall–Kier alpha value is -2.61. The van der Waals surface area contributed by atoms with Gasteiger partial charge in [-0.2, -0.15) is 0 Å². The minimum Gasteiger partial charge on any atom is -0.493 e. The van der Waals surface area contributed by atoms with E-state index in [1.807, 2.05) is 47.9 Å². The first-order valence-corrected chi connectivity index (χ1v) is 14.8. The molecule has 0 aromatic heterocycles. The lowest BCUT2D eigenvalue weighted by Gasteiger charge is -2.42. The standard InChI is InChI=1S/C31H48N2O6/c1-5-11-26(33(19-6-2)24(4)34)23(3)28(35)32-20-16-31(38,17-21-32)25-12-7-8-13-27(25)39-22-18-30(29(36)37)14-9-10-15-30/h7-8,12-13,23,26,38H,5-6,9-11,14-22H2,1-4H3,(H,36,37). The lowest BCUT2D eigenvalue weighted by molar-refractivity contribution is -0.149. The zero-order valence-electron chi connectivity index (χ0n) is 24.3. The van der Waals surface area contributed by atoms with Gasteiger partial charge in [0.25, 0.3) is 0 Å². The summed E-state index contributed by atoms with van der Waals surface area (Å²) in [4.78, 5) is 41.5. The fraction of sp³-hybridized carbons (Fsp3) is 0.710. The molecule has 3 rings (SSSR count). The fourth-order valence-corrected chi connectivity index (χ4v) is 6.54. The van der Waals surface area contributed by atoms with Gasteiger partial charge in [-0.25, -0.2) is 0 Å². The highest BCUT2D eigenvalue weighted by Crippen LogP contribution is 2.42. The Balaban J connectivity index is 1.66. The number of ether oxygens (including phenoxy) is 1.